The quantitative estimate of drug-likeness (QED) is 0.662. The van der Waals surface area contributed by atoms with Crippen LogP contribution < -0.4 is 5.73 Å². The van der Waals surface area contributed by atoms with E-state index < -0.39 is 10.0 Å². The molecule has 3 N–H and O–H groups in total. The van der Waals surface area contributed by atoms with Gasteiger partial charge in [-0.25, -0.2) is 8.42 Å². The van der Waals surface area contributed by atoms with Crippen LogP contribution in [0, 0.1) is 0 Å². The van der Waals surface area contributed by atoms with Gasteiger partial charge in [0.2, 0.25) is 10.0 Å². The number of anilines is 1. The Kier molecular flexibility index (Phi) is 4.15. The molecule has 0 aliphatic rings. The Morgan fingerprint density at radius 1 is 1.24 bits per heavy atom. The number of aromatic nitrogens is 1. The summed E-state index contributed by atoms with van der Waals surface area (Å²) in [6.07, 6.45) is 3.23. The molecule has 0 bridgehead atoms. The SMILES string of the molecule is CC(c1ccncc1)N(C)S(=O)(=O)c1ccc(O)c(N)c1. The van der Waals surface area contributed by atoms with Gasteiger partial charge in [0.25, 0.3) is 0 Å². The second-order valence-electron chi connectivity index (χ2n) is 4.70. The van der Waals surface area contributed by atoms with Crippen LogP contribution in [0.25, 0.3) is 0 Å². The number of hydrogen-bond donors (Lipinski definition) is 2. The number of hydrogen-bond acceptors (Lipinski definition) is 5. The van der Waals surface area contributed by atoms with Gasteiger partial charge < -0.3 is 10.8 Å². The number of phenols is 1. The molecule has 6 nitrogen and oxygen atoms in total. The summed E-state index contributed by atoms with van der Waals surface area (Å²) in [5.74, 6) is -0.140. The predicted octanol–water partition coefficient (Wildman–Crippen LogP) is 1.75. The molecule has 0 amide bonds. The van der Waals surface area contributed by atoms with Gasteiger partial charge in [-0.15, -0.1) is 0 Å². The topological polar surface area (TPSA) is 96.5 Å². The number of nitrogens with zero attached hydrogens (tertiary/aromatic N) is 2. The molecule has 0 spiro atoms. The fraction of sp³-hybridized carbons (Fsp3) is 0.214. The number of benzene rings is 1. The van der Waals surface area contributed by atoms with Crippen LogP contribution >= 0.6 is 0 Å². The Morgan fingerprint density at radius 2 is 1.86 bits per heavy atom. The fourth-order valence-corrected chi connectivity index (χ4v) is 3.31. The van der Waals surface area contributed by atoms with E-state index in [2.05, 4.69) is 4.98 Å². The minimum absolute atomic E-state index is 0.0287. The third-order valence-corrected chi connectivity index (χ3v) is 5.33. The fourth-order valence-electron chi connectivity index (χ4n) is 1.92. The molecule has 0 aliphatic carbocycles. The van der Waals surface area contributed by atoms with Gasteiger partial charge in [0.1, 0.15) is 5.75 Å². The predicted molar refractivity (Wildman–Crippen MR) is 80.1 cm³/mol. The highest BCUT2D eigenvalue weighted by molar-refractivity contribution is 7.89. The number of phenolic OH excluding ortho intramolecular Hbond substituents is 1. The summed E-state index contributed by atoms with van der Waals surface area (Å²) in [5, 5.41) is 9.39. The largest absolute Gasteiger partial charge is 0.506 e. The molecule has 0 saturated carbocycles. The van der Waals surface area contributed by atoms with E-state index in [0.29, 0.717) is 0 Å². The monoisotopic (exact) mass is 307 g/mol. The lowest BCUT2D eigenvalue weighted by Gasteiger charge is -2.24. The average Bonchev–Trinajstić information content (AvgIpc) is 2.49. The van der Waals surface area contributed by atoms with Crippen LogP contribution in [0.1, 0.15) is 18.5 Å². The molecule has 0 aliphatic heterocycles. The van der Waals surface area contributed by atoms with Gasteiger partial charge >= 0.3 is 0 Å². The Morgan fingerprint density at radius 3 is 2.43 bits per heavy atom. The van der Waals surface area contributed by atoms with Crippen molar-refractivity contribution in [3.63, 3.8) is 0 Å². The van der Waals surface area contributed by atoms with Crippen LogP contribution in [0.4, 0.5) is 5.69 Å². The van der Waals surface area contributed by atoms with Crippen molar-refractivity contribution < 1.29 is 13.5 Å². The minimum Gasteiger partial charge on any atom is -0.506 e. The summed E-state index contributed by atoms with van der Waals surface area (Å²) < 4.78 is 26.4. The van der Waals surface area contributed by atoms with E-state index in [9.17, 15) is 13.5 Å². The summed E-state index contributed by atoms with van der Waals surface area (Å²) in [4.78, 5) is 3.96. The summed E-state index contributed by atoms with van der Waals surface area (Å²) >= 11 is 0. The molecule has 2 rings (SSSR count). The van der Waals surface area contributed by atoms with E-state index >= 15 is 0 Å². The van der Waals surface area contributed by atoms with Crippen LogP contribution in [0.5, 0.6) is 5.75 Å². The third kappa shape index (κ3) is 2.98. The second-order valence-corrected chi connectivity index (χ2v) is 6.70. The van der Waals surface area contributed by atoms with Gasteiger partial charge in [0, 0.05) is 25.5 Å². The highest BCUT2D eigenvalue weighted by Gasteiger charge is 2.26. The Balaban J connectivity index is 2.36. The van der Waals surface area contributed by atoms with E-state index in [0.717, 1.165) is 5.56 Å². The number of pyridine rings is 1. The maximum atomic E-state index is 12.6. The Bertz CT molecular complexity index is 732. The molecule has 1 aromatic heterocycles. The van der Waals surface area contributed by atoms with Gasteiger partial charge in [0.05, 0.1) is 10.6 Å². The highest BCUT2D eigenvalue weighted by atomic mass is 32.2. The molecule has 1 unspecified atom stereocenters. The van der Waals surface area contributed by atoms with Crippen LogP contribution in [-0.4, -0.2) is 29.9 Å². The maximum absolute atomic E-state index is 12.6. The van der Waals surface area contributed by atoms with Crippen molar-refractivity contribution in [2.75, 3.05) is 12.8 Å². The van der Waals surface area contributed by atoms with Gasteiger partial charge in [-0.1, -0.05) is 0 Å². The first-order chi connectivity index (χ1) is 9.84. The van der Waals surface area contributed by atoms with E-state index in [4.69, 9.17) is 5.73 Å². The maximum Gasteiger partial charge on any atom is 0.243 e. The molecule has 7 heteroatoms. The molecule has 0 radical (unpaired) electrons. The van der Waals surface area contributed by atoms with Crippen LogP contribution in [0.2, 0.25) is 0 Å². The van der Waals surface area contributed by atoms with Crippen molar-refractivity contribution >= 4 is 15.7 Å². The van der Waals surface area contributed by atoms with Crippen LogP contribution in [0.3, 0.4) is 0 Å². The van der Waals surface area contributed by atoms with Crippen molar-refractivity contribution in [3.8, 4) is 5.75 Å². The van der Waals surface area contributed by atoms with E-state index in [1.165, 1.54) is 29.6 Å². The van der Waals surface area contributed by atoms with Crippen molar-refractivity contribution in [2.45, 2.75) is 17.9 Å². The molecule has 0 fully saturated rings. The smallest absolute Gasteiger partial charge is 0.243 e. The first kappa shape index (κ1) is 15.3. The van der Waals surface area contributed by atoms with Crippen molar-refractivity contribution in [3.05, 3.63) is 48.3 Å². The van der Waals surface area contributed by atoms with Crippen molar-refractivity contribution in [1.29, 1.82) is 0 Å². The molecular formula is C14H17N3O3S. The Labute approximate surface area is 123 Å². The number of nitrogen functional groups attached to an aromatic ring is 1. The summed E-state index contributed by atoms with van der Waals surface area (Å²) in [6.45, 7) is 1.79. The van der Waals surface area contributed by atoms with E-state index in [-0.39, 0.29) is 22.4 Å². The lowest BCUT2D eigenvalue weighted by molar-refractivity contribution is 0.398. The zero-order valence-electron chi connectivity index (χ0n) is 11.8. The van der Waals surface area contributed by atoms with E-state index in [1.54, 1.807) is 31.5 Å². The molecule has 1 heterocycles. The number of nitrogens with two attached hydrogens (primary N) is 1. The minimum atomic E-state index is -3.70. The first-order valence-electron chi connectivity index (χ1n) is 6.30. The summed E-state index contributed by atoms with van der Waals surface area (Å²) in [6, 6.07) is 7.03. The molecule has 112 valence electrons. The second kappa shape index (κ2) is 5.71. The zero-order valence-corrected chi connectivity index (χ0v) is 12.6. The summed E-state index contributed by atoms with van der Waals surface area (Å²) in [7, 11) is -2.20. The molecule has 2 aromatic rings. The molecular weight excluding hydrogens is 290 g/mol. The van der Waals surface area contributed by atoms with Gasteiger partial charge in [0.15, 0.2) is 0 Å². The summed E-state index contributed by atoms with van der Waals surface area (Å²) in [5.41, 5.74) is 6.43. The van der Waals surface area contributed by atoms with E-state index in [1.807, 2.05) is 0 Å². The van der Waals surface area contributed by atoms with Gasteiger partial charge in [-0.2, -0.15) is 4.31 Å². The van der Waals surface area contributed by atoms with Gasteiger partial charge in [-0.05, 0) is 42.8 Å². The molecule has 1 aromatic carbocycles. The van der Waals surface area contributed by atoms with Crippen LogP contribution in [-0.2, 0) is 10.0 Å². The highest BCUT2D eigenvalue weighted by Crippen LogP contribution is 2.28. The normalized spacial score (nSPS) is 13.3. The van der Waals surface area contributed by atoms with Crippen LogP contribution in [0.15, 0.2) is 47.6 Å². The number of rotatable bonds is 4. The lowest BCUT2D eigenvalue weighted by atomic mass is 10.1. The molecule has 1 atom stereocenters. The molecule has 0 saturated heterocycles. The first-order valence-corrected chi connectivity index (χ1v) is 7.74. The number of aromatic hydroxyl groups is 1. The average molecular weight is 307 g/mol. The van der Waals surface area contributed by atoms with Crippen molar-refractivity contribution in [1.82, 2.24) is 9.29 Å². The number of sulfonamides is 1. The standard InChI is InChI=1S/C14H17N3O3S/c1-10(11-5-7-16-8-6-11)17(2)21(19,20)12-3-4-14(18)13(15)9-12/h3-10,18H,15H2,1-2H3. The zero-order chi connectivity index (χ0) is 15.6. The van der Waals surface area contributed by atoms with Gasteiger partial charge in [-0.3, -0.25) is 4.98 Å². The van der Waals surface area contributed by atoms with Crippen molar-refractivity contribution in [2.24, 2.45) is 0 Å². The molecule has 21 heavy (non-hydrogen) atoms. The third-order valence-electron chi connectivity index (χ3n) is 3.41. The Hall–Kier alpha value is -2.12. The lowest BCUT2D eigenvalue weighted by Crippen LogP contribution is -2.29.